The normalized spacial score (nSPS) is 18.7. The van der Waals surface area contributed by atoms with E-state index in [9.17, 15) is 14.4 Å². The highest BCUT2D eigenvalue weighted by Crippen LogP contribution is 2.26. The van der Waals surface area contributed by atoms with Crippen molar-refractivity contribution in [2.45, 2.75) is 64.6 Å². The van der Waals surface area contributed by atoms with Crippen LogP contribution in [0.4, 0.5) is 20.1 Å². The van der Waals surface area contributed by atoms with Crippen LogP contribution in [0, 0.1) is 6.92 Å². The number of hydrogen-bond acceptors (Lipinski definition) is 5. The molecule has 1 aromatic rings. The van der Waals surface area contributed by atoms with Crippen LogP contribution < -0.4 is 21.1 Å². The molecule has 5 amide bonds. The highest BCUT2D eigenvalue weighted by atomic mass is 16.6. The lowest BCUT2D eigenvalue weighted by molar-refractivity contribution is 0.0264. The van der Waals surface area contributed by atoms with Crippen LogP contribution in [0.3, 0.4) is 0 Å². The summed E-state index contributed by atoms with van der Waals surface area (Å²) in [5, 5.41) is 5.63. The van der Waals surface area contributed by atoms with Crippen molar-refractivity contribution in [1.82, 2.24) is 10.2 Å². The number of aryl methyl sites for hydroxylation is 1. The summed E-state index contributed by atoms with van der Waals surface area (Å²) < 4.78 is 10.5. The molecule has 1 aliphatic carbocycles. The first-order valence-corrected chi connectivity index (χ1v) is 9.54. The minimum Gasteiger partial charge on any atom is -0.496 e. The van der Waals surface area contributed by atoms with E-state index in [1.807, 2.05) is 13.0 Å². The number of rotatable bonds is 4. The summed E-state index contributed by atoms with van der Waals surface area (Å²) in [4.78, 5) is 37.4. The van der Waals surface area contributed by atoms with Crippen molar-refractivity contribution in [2.75, 3.05) is 12.4 Å². The fourth-order valence-corrected chi connectivity index (χ4v) is 3.30. The third-order valence-electron chi connectivity index (χ3n) is 4.60. The van der Waals surface area contributed by atoms with Gasteiger partial charge in [-0.2, -0.15) is 0 Å². The van der Waals surface area contributed by atoms with E-state index in [0.717, 1.165) is 10.5 Å². The maximum atomic E-state index is 12.3. The number of nitrogens with one attached hydrogen (secondary N) is 2. The van der Waals surface area contributed by atoms with Gasteiger partial charge >= 0.3 is 18.2 Å². The van der Waals surface area contributed by atoms with E-state index in [1.54, 1.807) is 40.0 Å². The molecule has 0 aliphatic heterocycles. The summed E-state index contributed by atoms with van der Waals surface area (Å²) in [6, 6.07) is 3.52. The molecule has 2 atom stereocenters. The van der Waals surface area contributed by atoms with Crippen molar-refractivity contribution in [1.29, 1.82) is 0 Å². The minimum absolute atomic E-state index is 0.198. The number of imide groups is 1. The van der Waals surface area contributed by atoms with Gasteiger partial charge in [0.2, 0.25) is 0 Å². The maximum absolute atomic E-state index is 12.3. The molecule has 160 valence electrons. The zero-order chi connectivity index (χ0) is 21.8. The molecule has 0 heterocycles. The second-order valence-corrected chi connectivity index (χ2v) is 8.14. The lowest BCUT2D eigenvalue weighted by Gasteiger charge is -2.29. The van der Waals surface area contributed by atoms with Gasteiger partial charge in [0.15, 0.2) is 0 Å². The van der Waals surface area contributed by atoms with Gasteiger partial charge < -0.3 is 25.8 Å². The Kier molecular flexibility index (Phi) is 6.94. The Balaban J connectivity index is 1.95. The quantitative estimate of drug-likeness (QED) is 0.707. The summed E-state index contributed by atoms with van der Waals surface area (Å²) >= 11 is 0. The molecule has 0 aromatic heterocycles. The molecule has 29 heavy (non-hydrogen) atoms. The second-order valence-electron chi connectivity index (χ2n) is 8.14. The molecule has 1 saturated carbocycles. The number of carbonyl (C=O) groups excluding carboxylic acids is 3. The molecule has 0 spiro atoms. The number of hydrogen-bond donors (Lipinski definition) is 3. The van der Waals surface area contributed by atoms with E-state index in [-0.39, 0.29) is 12.1 Å². The summed E-state index contributed by atoms with van der Waals surface area (Å²) in [5.41, 5.74) is 6.23. The van der Waals surface area contributed by atoms with Gasteiger partial charge in [-0.05, 0) is 58.6 Å². The lowest BCUT2D eigenvalue weighted by atomic mass is 10.2. The smallest absolute Gasteiger partial charge is 0.418 e. The number of nitrogens with zero attached hydrogens (tertiary/aromatic N) is 1. The fraction of sp³-hybridized carbons (Fsp3) is 0.550. The maximum Gasteiger partial charge on any atom is 0.418 e. The first-order chi connectivity index (χ1) is 13.5. The summed E-state index contributed by atoms with van der Waals surface area (Å²) in [6.45, 7) is 7.06. The van der Waals surface area contributed by atoms with Gasteiger partial charge in [-0.15, -0.1) is 0 Å². The number of amides is 5. The molecule has 2 rings (SSSR count). The van der Waals surface area contributed by atoms with E-state index in [4.69, 9.17) is 15.2 Å². The van der Waals surface area contributed by atoms with Crippen molar-refractivity contribution < 1.29 is 23.9 Å². The average molecular weight is 406 g/mol. The number of anilines is 1. The third-order valence-corrected chi connectivity index (χ3v) is 4.60. The Morgan fingerprint density at radius 2 is 1.90 bits per heavy atom. The number of urea groups is 2. The molecular formula is C20H30N4O5. The van der Waals surface area contributed by atoms with Gasteiger partial charge in [0.25, 0.3) is 0 Å². The number of ether oxygens (including phenoxy) is 2. The number of primary amides is 1. The number of carbonyl (C=O) groups is 3. The van der Waals surface area contributed by atoms with Gasteiger partial charge in [-0.1, -0.05) is 6.07 Å². The van der Waals surface area contributed by atoms with Crippen molar-refractivity contribution in [3.05, 3.63) is 23.8 Å². The predicted molar refractivity (Wildman–Crippen MR) is 109 cm³/mol. The minimum atomic E-state index is -0.860. The lowest BCUT2D eigenvalue weighted by Crippen LogP contribution is -2.49. The van der Waals surface area contributed by atoms with Crippen molar-refractivity contribution in [3.63, 3.8) is 0 Å². The van der Waals surface area contributed by atoms with Gasteiger partial charge in [-0.25, -0.2) is 19.3 Å². The van der Waals surface area contributed by atoms with Crippen LogP contribution in [0.5, 0.6) is 5.75 Å². The molecule has 0 saturated heterocycles. The molecule has 0 bridgehead atoms. The van der Waals surface area contributed by atoms with Crippen LogP contribution >= 0.6 is 0 Å². The highest BCUT2D eigenvalue weighted by molar-refractivity contribution is 5.91. The number of methoxy groups -OCH3 is 1. The van der Waals surface area contributed by atoms with Gasteiger partial charge in [-0.3, -0.25) is 0 Å². The Morgan fingerprint density at radius 3 is 2.48 bits per heavy atom. The van der Waals surface area contributed by atoms with Crippen molar-refractivity contribution in [3.8, 4) is 5.75 Å². The average Bonchev–Trinajstić information content (AvgIpc) is 3.02. The zero-order valence-corrected chi connectivity index (χ0v) is 17.6. The Bertz CT molecular complexity index is 775. The Hall–Kier alpha value is -2.97. The van der Waals surface area contributed by atoms with Crippen LogP contribution in [0.15, 0.2) is 18.2 Å². The molecule has 1 fully saturated rings. The van der Waals surface area contributed by atoms with E-state index >= 15 is 0 Å². The first kappa shape index (κ1) is 22.3. The van der Waals surface area contributed by atoms with E-state index in [1.165, 1.54) is 0 Å². The summed E-state index contributed by atoms with van der Waals surface area (Å²) in [6.07, 6.45) is 0.784. The fourth-order valence-electron chi connectivity index (χ4n) is 3.30. The van der Waals surface area contributed by atoms with E-state index in [0.29, 0.717) is 30.7 Å². The molecule has 4 N–H and O–H groups in total. The topological polar surface area (TPSA) is 123 Å². The standard InChI is InChI=1S/C20H30N4O5/c1-12-6-7-14(11-16(12)28-5)23-18(26)22-13-8-9-15(10-13)24(17(21)25)19(27)29-20(2,3)4/h6-7,11,13,15H,8-10H2,1-5H3,(H2,21,25)(H2,22,23,26)/t13-,15+/m1/s1. The van der Waals surface area contributed by atoms with E-state index < -0.39 is 23.8 Å². The van der Waals surface area contributed by atoms with Crippen LogP contribution in [0.2, 0.25) is 0 Å². The molecule has 0 unspecified atom stereocenters. The first-order valence-electron chi connectivity index (χ1n) is 9.54. The van der Waals surface area contributed by atoms with Gasteiger partial charge in [0.05, 0.1) is 7.11 Å². The summed E-state index contributed by atoms with van der Waals surface area (Å²) in [5.74, 6) is 0.679. The zero-order valence-electron chi connectivity index (χ0n) is 17.6. The van der Waals surface area contributed by atoms with Crippen molar-refractivity contribution >= 4 is 23.8 Å². The monoisotopic (exact) mass is 406 g/mol. The van der Waals surface area contributed by atoms with E-state index in [2.05, 4.69) is 10.6 Å². The SMILES string of the molecule is COc1cc(NC(=O)N[C@@H]2CC[C@H](N(C(N)=O)C(=O)OC(C)(C)C)C2)ccc1C. The molecule has 1 aromatic carbocycles. The Morgan fingerprint density at radius 1 is 1.21 bits per heavy atom. The van der Waals surface area contributed by atoms with Gasteiger partial charge in [0.1, 0.15) is 11.4 Å². The second kappa shape index (κ2) is 9.02. The van der Waals surface area contributed by atoms with Crippen LogP contribution in [0.1, 0.15) is 45.6 Å². The van der Waals surface area contributed by atoms with Crippen LogP contribution in [-0.2, 0) is 4.74 Å². The number of benzene rings is 1. The highest BCUT2D eigenvalue weighted by Gasteiger charge is 2.37. The summed E-state index contributed by atoms with van der Waals surface area (Å²) in [7, 11) is 1.57. The largest absolute Gasteiger partial charge is 0.496 e. The molecular weight excluding hydrogens is 376 g/mol. The molecule has 9 heteroatoms. The van der Waals surface area contributed by atoms with Gasteiger partial charge in [0, 0.05) is 23.8 Å². The van der Waals surface area contributed by atoms with Crippen LogP contribution in [0.25, 0.3) is 0 Å². The van der Waals surface area contributed by atoms with Crippen LogP contribution in [-0.4, -0.2) is 47.8 Å². The predicted octanol–water partition coefficient (Wildman–Crippen LogP) is 3.36. The Labute approximate surface area is 170 Å². The van der Waals surface area contributed by atoms with Crippen molar-refractivity contribution in [2.24, 2.45) is 5.73 Å². The number of nitrogens with two attached hydrogens (primary N) is 1. The molecule has 0 radical (unpaired) electrons. The molecule has 1 aliphatic rings. The third kappa shape index (κ3) is 6.27. The molecule has 9 nitrogen and oxygen atoms in total.